The van der Waals surface area contributed by atoms with Gasteiger partial charge in [-0.2, -0.15) is 0 Å². The molecule has 2 aliphatic carbocycles. The minimum Gasteiger partial charge on any atom is -0.342 e. The van der Waals surface area contributed by atoms with Gasteiger partial charge in [-0.3, -0.25) is 15.1 Å². The lowest BCUT2D eigenvalue weighted by Crippen LogP contribution is -2.50. The Labute approximate surface area is 260 Å². The van der Waals surface area contributed by atoms with Gasteiger partial charge in [-0.25, -0.2) is 9.97 Å². The van der Waals surface area contributed by atoms with E-state index in [0.717, 1.165) is 78.4 Å². The monoisotopic (exact) mass is 588 g/mol. The Balaban J connectivity index is 1.19. The van der Waals surface area contributed by atoms with Crippen molar-refractivity contribution in [3.8, 4) is 0 Å². The fourth-order valence-electron chi connectivity index (χ4n) is 8.17. The van der Waals surface area contributed by atoms with Gasteiger partial charge in [0.1, 0.15) is 17.2 Å². The van der Waals surface area contributed by atoms with Gasteiger partial charge < -0.3 is 10.2 Å². The molecule has 2 aromatic heterocycles. The molecule has 7 nitrogen and oxygen atoms in total. The first-order chi connectivity index (χ1) is 21.5. The number of carbonyl (C=O) groups excluding carboxylic acids is 1. The first-order valence-corrected chi connectivity index (χ1v) is 16.6. The van der Waals surface area contributed by atoms with Crippen molar-refractivity contribution < 1.29 is 4.79 Å². The van der Waals surface area contributed by atoms with Gasteiger partial charge in [0.05, 0.1) is 11.0 Å². The second-order valence-corrected chi connectivity index (χ2v) is 13.4. The third-order valence-electron chi connectivity index (χ3n) is 10.5. The number of pyridine rings is 2. The van der Waals surface area contributed by atoms with Crippen LogP contribution in [0.4, 0.5) is 11.6 Å². The van der Waals surface area contributed by atoms with Gasteiger partial charge in [0, 0.05) is 23.9 Å². The molecule has 1 aliphatic heterocycles. The number of benzene rings is 2. The molecule has 3 atom stereocenters. The summed E-state index contributed by atoms with van der Waals surface area (Å²) in [6, 6.07) is 25.4. The van der Waals surface area contributed by atoms with Gasteiger partial charge >= 0.3 is 0 Å². The summed E-state index contributed by atoms with van der Waals surface area (Å²) >= 11 is 0. The smallest absolute Gasteiger partial charge is 0.254 e. The molecular formula is C37H44N6O. The molecule has 3 fully saturated rings. The van der Waals surface area contributed by atoms with E-state index in [1.807, 2.05) is 12.1 Å². The minimum atomic E-state index is -0.678. The number of carbonyl (C=O) groups is 1. The summed E-state index contributed by atoms with van der Waals surface area (Å²) in [7, 11) is 1.75. The number of amides is 1. The second kappa shape index (κ2) is 12.2. The number of fused-ring (bicyclic) bond motifs is 2. The lowest BCUT2D eigenvalue weighted by molar-refractivity contribution is -0.131. The number of nitrogens with zero attached hydrogens (tertiary/aromatic N) is 4. The maximum Gasteiger partial charge on any atom is 0.254 e. The summed E-state index contributed by atoms with van der Waals surface area (Å²) < 4.78 is 0. The zero-order valence-corrected chi connectivity index (χ0v) is 25.8. The van der Waals surface area contributed by atoms with Crippen molar-refractivity contribution in [2.75, 3.05) is 11.9 Å². The minimum absolute atomic E-state index is 0.0738. The fourth-order valence-corrected chi connectivity index (χ4v) is 8.17. The summed E-state index contributed by atoms with van der Waals surface area (Å²) in [6.07, 6.45) is 13.3. The number of aromatic nitrogens is 2. The number of hydrogen-bond donors (Lipinski definition) is 2. The third kappa shape index (κ3) is 5.64. The zero-order valence-electron chi connectivity index (χ0n) is 25.8. The molecule has 2 aromatic carbocycles. The Bertz CT molecular complexity index is 1590. The predicted octanol–water partition coefficient (Wildman–Crippen LogP) is 7.97. The number of hydrogen-bond acceptors (Lipinski definition) is 5. The number of nitrogens with one attached hydrogen (secondary N) is 2. The van der Waals surface area contributed by atoms with Gasteiger partial charge in [-0.1, -0.05) is 81.3 Å². The summed E-state index contributed by atoms with van der Waals surface area (Å²) in [4.78, 5) is 28.0. The van der Waals surface area contributed by atoms with Crippen LogP contribution in [0.2, 0.25) is 0 Å². The van der Waals surface area contributed by atoms with Gasteiger partial charge in [-0.15, -0.1) is 0 Å². The number of guanidine groups is 1. The highest BCUT2D eigenvalue weighted by molar-refractivity contribution is 6.07. The van der Waals surface area contributed by atoms with Gasteiger partial charge in [0.25, 0.3) is 5.91 Å². The van der Waals surface area contributed by atoms with Crippen LogP contribution in [-0.4, -0.2) is 45.4 Å². The van der Waals surface area contributed by atoms with E-state index in [9.17, 15) is 4.79 Å². The Hall–Kier alpha value is -4.00. The lowest BCUT2D eigenvalue weighted by Gasteiger charge is -2.40. The maximum absolute atomic E-state index is 13.8. The van der Waals surface area contributed by atoms with Crippen LogP contribution >= 0.6 is 0 Å². The quantitative estimate of drug-likeness (QED) is 0.218. The van der Waals surface area contributed by atoms with Crippen LogP contribution in [0.1, 0.15) is 77.0 Å². The molecule has 0 spiro atoms. The molecule has 2 saturated carbocycles. The van der Waals surface area contributed by atoms with E-state index in [0.29, 0.717) is 11.8 Å². The van der Waals surface area contributed by atoms with Crippen LogP contribution in [0.5, 0.6) is 0 Å². The van der Waals surface area contributed by atoms with Crippen LogP contribution < -0.4 is 10.2 Å². The Morgan fingerprint density at radius 2 is 1.43 bits per heavy atom. The average molecular weight is 589 g/mol. The molecule has 0 radical (unpaired) electrons. The zero-order chi connectivity index (χ0) is 30.1. The van der Waals surface area contributed by atoms with Crippen LogP contribution in [0.25, 0.3) is 21.8 Å². The molecule has 3 aliphatic rings. The molecule has 2 N–H and O–H groups in total. The highest BCUT2D eigenvalue weighted by Gasteiger charge is 2.49. The van der Waals surface area contributed by atoms with Crippen molar-refractivity contribution in [2.24, 2.45) is 11.8 Å². The Kier molecular flexibility index (Phi) is 7.96. The van der Waals surface area contributed by atoms with Crippen LogP contribution in [0.3, 0.4) is 0 Å². The van der Waals surface area contributed by atoms with Crippen molar-refractivity contribution in [1.29, 1.82) is 5.41 Å². The first-order valence-electron chi connectivity index (χ1n) is 16.6. The molecule has 7 rings (SSSR count). The summed E-state index contributed by atoms with van der Waals surface area (Å²) in [6.45, 7) is 0. The summed E-state index contributed by atoms with van der Waals surface area (Å²) in [5.41, 5.74) is 1.28. The van der Waals surface area contributed by atoms with Crippen molar-refractivity contribution in [1.82, 2.24) is 20.2 Å². The largest absolute Gasteiger partial charge is 0.342 e. The number of rotatable bonds is 8. The number of anilines is 2. The molecule has 44 heavy (non-hydrogen) atoms. The molecular weight excluding hydrogens is 544 g/mol. The van der Waals surface area contributed by atoms with Gasteiger partial charge in [0.15, 0.2) is 5.96 Å². The average Bonchev–Trinajstić information content (AvgIpc) is 3.27. The van der Waals surface area contributed by atoms with Crippen LogP contribution in [0, 0.1) is 17.2 Å². The van der Waals surface area contributed by atoms with Crippen LogP contribution in [0.15, 0.2) is 72.8 Å². The Morgan fingerprint density at radius 1 is 0.818 bits per heavy atom. The molecule has 4 aromatic rings. The number of likely N-dealkylation sites (N-methyl/N-ethyl adjacent to an activating group) is 1. The highest BCUT2D eigenvalue weighted by Crippen LogP contribution is 2.41. The van der Waals surface area contributed by atoms with Crippen molar-refractivity contribution >= 4 is 45.3 Å². The SMILES string of the molecule is CN1C(=N)N[C@](CCC2CCCCC2)(CC2CCC[C@@H](N(c3ccc4ccccc4n3)c3ccc4ccccc4n3)C2)C1=O. The normalized spacial score (nSPS) is 24.6. The standard InChI is InChI=1S/C37H44N6O/c1-42-35(44)37(41-36(42)38,23-22-26-10-3-2-4-11-26)25-27-12-9-15-30(24-27)43(33-20-18-28-13-5-7-16-31(28)39-33)34-21-19-29-14-6-8-17-32(29)40-34/h5-8,13-14,16-21,26-27,30H,2-4,9-12,15,22-25H2,1H3,(H2,38,41)/t27?,30-,37-/m1/s1. The van der Waals surface area contributed by atoms with E-state index in [2.05, 4.69) is 70.9 Å². The number of para-hydroxylation sites is 2. The van der Waals surface area contributed by atoms with E-state index in [-0.39, 0.29) is 17.9 Å². The highest BCUT2D eigenvalue weighted by atomic mass is 16.2. The molecule has 0 bridgehead atoms. The van der Waals surface area contributed by atoms with Crippen LogP contribution in [-0.2, 0) is 4.79 Å². The Morgan fingerprint density at radius 3 is 2.05 bits per heavy atom. The maximum atomic E-state index is 13.8. The molecule has 1 unspecified atom stereocenters. The van der Waals surface area contributed by atoms with E-state index in [1.54, 1.807) is 7.05 Å². The van der Waals surface area contributed by atoms with Crippen molar-refractivity contribution in [3.63, 3.8) is 0 Å². The van der Waals surface area contributed by atoms with E-state index < -0.39 is 5.54 Å². The molecule has 3 heterocycles. The predicted molar refractivity (Wildman–Crippen MR) is 178 cm³/mol. The lowest BCUT2D eigenvalue weighted by atomic mass is 9.74. The molecule has 1 saturated heterocycles. The van der Waals surface area contributed by atoms with Gasteiger partial charge in [-0.05, 0) is 80.3 Å². The third-order valence-corrected chi connectivity index (χ3v) is 10.5. The van der Waals surface area contributed by atoms with E-state index >= 15 is 0 Å². The fraction of sp³-hybridized carbons (Fsp3) is 0.459. The topological polar surface area (TPSA) is 85.2 Å². The van der Waals surface area contributed by atoms with E-state index in [1.165, 1.54) is 37.0 Å². The summed E-state index contributed by atoms with van der Waals surface area (Å²) in [5.74, 6) is 3.21. The van der Waals surface area contributed by atoms with Gasteiger partial charge in [0.2, 0.25) is 0 Å². The van der Waals surface area contributed by atoms with E-state index in [4.69, 9.17) is 15.4 Å². The summed E-state index contributed by atoms with van der Waals surface area (Å²) in [5, 5.41) is 14.2. The first kappa shape index (κ1) is 28.8. The molecule has 1 amide bonds. The van der Waals surface area contributed by atoms with Crippen molar-refractivity contribution in [2.45, 2.75) is 88.6 Å². The molecule has 228 valence electrons. The van der Waals surface area contributed by atoms with Crippen molar-refractivity contribution in [3.05, 3.63) is 72.8 Å². The molecule has 7 heteroatoms. The second-order valence-electron chi connectivity index (χ2n) is 13.4.